The zero-order valence-corrected chi connectivity index (χ0v) is 6.34. The van der Waals surface area contributed by atoms with Gasteiger partial charge in [-0.3, -0.25) is 0 Å². The molecule has 60 valence electrons. The monoisotopic (exact) mass is 155 g/mol. The van der Waals surface area contributed by atoms with Gasteiger partial charge >= 0.3 is 0 Å². The maximum absolute atomic E-state index is 12.6. The molecule has 0 atom stereocenters. The molecule has 3 heteroatoms. The van der Waals surface area contributed by atoms with Gasteiger partial charge in [-0.2, -0.15) is 4.39 Å². The SMILES string of the molecule is Cc1cc(CCO)cnc1F. The van der Waals surface area contributed by atoms with E-state index < -0.39 is 5.95 Å². The first-order chi connectivity index (χ1) is 5.24. The third-order valence-electron chi connectivity index (χ3n) is 1.47. The minimum absolute atomic E-state index is 0.0761. The number of pyridine rings is 1. The molecule has 1 rings (SSSR count). The normalized spacial score (nSPS) is 10.1. The number of rotatable bonds is 2. The summed E-state index contributed by atoms with van der Waals surface area (Å²) in [5, 5.41) is 8.56. The third-order valence-corrected chi connectivity index (χ3v) is 1.47. The van der Waals surface area contributed by atoms with Crippen molar-refractivity contribution in [3.8, 4) is 0 Å². The van der Waals surface area contributed by atoms with E-state index in [-0.39, 0.29) is 6.61 Å². The molecule has 0 amide bonds. The summed E-state index contributed by atoms with van der Waals surface area (Å²) < 4.78 is 12.6. The van der Waals surface area contributed by atoms with Gasteiger partial charge < -0.3 is 5.11 Å². The van der Waals surface area contributed by atoms with Gasteiger partial charge in [0.25, 0.3) is 0 Å². The molecule has 1 aromatic rings. The highest BCUT2D eigenvalue weighted by Gasteiger charge is 1.98. The van der Waals surface area contributed by atoms with Gasteiger partial charge in [-0.1, -0.05) is 0 Å². The van der Waals surface area contributed by atoms with E-state index in [4.69, 9.17) is 5.11 Å². The van der Waals surface area contributed by atoms with Crippen molar-refractivity contribution in [2.75, 3.05) is 6.61 Å². The lowest BCUT2D eigenvalue weighted by Crippen LogP contribution is -1.95. The van der Waals surface area contributed by atoms with Crippen LogP contribution in [0.1, 0.15) is 11.1 Å². The van der Waals surface area contributed by atoms with Crippen molar-refractivity contribution in [1.29, 1.82) is 0 Å². The Kier molecular flexibility index (Phi) is 2.54. The number of hydrogen-bond donors (Lipinski definition) is 1. The number of hydrogen-bond acceptors (Lipinski definition) is 2. The molecule has 0 aliphatic heterocycles. The summed E-state index contributed by atoms with van der Waals surface area (Å²) in [5.74, 6) is -0.438. The Labute approximate surface area is 64.7 Å². The fraction of sp³-hybridized carbons (Fsp3) is 0.375. The molecular weight excluding hydrogens is 145 g/mol. The van der Waals surface area contributed by atoms with E-state index in [0.29, 0.717) is 12.0 Å². The van der Waals surface area contributed by atoms with E-state index in [9.17, 15) is 4.39 Å². The van der Waals surface area contributed by atoms with Crippen molar-refractivity contribution in [2.24, 2.45) is 0 Å². The van der Waals surface area contributed by atoms with Crippen LogP contribution in [0.3, 0.4) is 0 Å². The molecule has 0 fully saturated rings. The van der Waals surface area contributed by atoms with Crippen molar-refractivity contribution in [2.45, 2.75) is 13.3 Å². The largest absolute Gasteiger partial charge is 0.396 e. The van der Waals surface area contributed by atoms with Crippen molar-refractivity contribution >= 4 is 0 Å². The molecule has 0 unspecified atom stereocenters. The zero-order chi connectivity index (χ0) is 8.27. The molecule has 0 bridgehead atoms. The summed E-state index contributed by atoms with van der Waals surface area (Å²) in [6, 6.07) is 1.69. The van der Waals surface area contributed by atoms with Crippen LogP contribution in [0.5, 0.6) is 0 Å². The van der Waals surface area contributed by atoms with E-state index in [2.05, 4.69) is 4.98 Å². The van der Waals surface area contributed by atoms with E-state index in [1.165, 1.54) is 6.20 Å². The summed E-state index contributed by atoms with van der Waals surface area (Å²) in [4.78, 5) is 3.52. The topological polar surface area (TPSA) is 33.1 Å². The van der Waals surface area contributed by atoms with Crippen LogP contribution in [0.2, 0.25) is 0 Å². The van der Waals surface area contributed by atoms with Crippen LogP contribution in [0, 0.1) is 12.9 Å². The van der Waals surface area contributed by atoms with Gasteiger partial charge in [-0.15, -0.1) is 0 Å². The highest BCUT2D eigenvalue weighted by Crippen LogP contribution is 2.05. The maximum Gasteiger partial charge on any atom is 0.215 e. The quantitative estimate of drug-likeness (QED) is 0.648. The number of nitrogens with zero attached hydrogens (tertiary/aromatic N) is 1. The third kappa shape index (κ3) is 1.98. The minimum Gasteiger partial charge on any atom is -0.396 e. The number of aromatic nitrogens is 1. The van der Waals surface area contributed by atoms with E-state index in [1.54, 1.807) is 13.0 Å². The van der Waals surface area contributed by atoms with E-state index in [1.807, 2.05) is 0 Å². The van der Waals surface area contributed by atoms with Crippen LogP contribution >= 0.6 is 0 Å². The summed E-state index contributed by atoms with van der Waals surface area (Å²) >= 11 is 0. The summed E-state index contributed by atoms with van der Waals surface area (Å²) in [6.45, 7) is 1.73. The molecule has 0 aliphatic rings. The van der Waals surface area contributed by atoms with Crippen LogP contribution in [-0.2, 0) is 6.42 Å². The molecule has 0 aliphatic carbocycles. The molecule has 0 radical (unpaired) electrons. The Morgan fingerprint density at radius 2 is 2.36 bits per heavy atom. The highest BCUT2D eigenvalue weighted by atomic mass is 19.1. The van der Waals surface area contributed by atoms with Crippen LogP contribution in [0.25, 0.3) is 0 Å². The molecule has 0 saturated heterocycles. The Bertz CT molecular complexity index is 250. The average Bonchev–Trinajstić information content (AvgIpc) is 1.98. The zero-order valence-electron chi connectivity index (χ0n) is 6.34. The molecule has 1 N–H and O–H groups in total. The van der Waals surface area contributed by atoms with Gasteiger partial charge in [-0.25, -0.2) is 4.98 Å². The lowest BCUT2D eigenvalue weighted by Gasteiger charge is -1.99. The first-order valence-corrected chi connectivity index (χ1v) is 3.46. The Balaban J connectivity index is 2.86. The van der Waals surface area contributed by atoms with Gasteiger partial charge in [0.05, 0.1) is 0 Å². The van der Waals surface area contributed by atoms with Gasteiger partial charge in [-0.05, 0) is 25.0 Å². The molecular formula is C8H10FNO. The molecule has 1 aromatic heterocycles. The first kappa shape index (κ1) is 8.14. The van der Waals surface area contributed by atoms with Gasteiger partial charge in [0.1, 0.15) is 0 Å². The summed E-state index contributed by atoms with van der Waals surface area (Å²) in [7, 11) is 0. The van der Waals surface area contributed by atoms with E-state index in [0.717, 1.165) is 5.56 Å². The maximum atomic E-state index is 12.6. The average molecular weight is 155 g/mol. The van der Waals surface area contributed by atoms with Gasteiger partial charge in [0, 0.05) is 18.4 Å². The molecule has 0 saturated carbocycles. The van der Waals surface area contributed by atoms with Crippen LogP contribution in [0.4, 0.5) is 4.39 Å². The molecule has 1 heterocycles. The Morgan fingerprint density at radius 1 is 1.64 bits per heavy atom. The predicted octanol–water partition coefficient (Wildman–Crippen LogP) is 1.06. The van der Waals surface area contributed by atoms with Gasteiger partial charge in [0.15, 0.2) is 0 Å². The fourth-order valence-corrected chi connectivity index (χ4v) is 0.882. The second-order valence-electron chi connectivity index (χ2n) is 2.42. The minimum atomic E-state index is -0.438. The predicted molar refractivity (Wildman–Crippen MR) is 39.7 cm³/mol. The lowest BCUT2D eigenvalue weighted by molar-refractivity contribution is 0.299. The Hall–Kier alpha value is -0.960. The van der Waals surface area contributed by atoms with E-state index >= 15 is 0 Å². The second-order valence-corrected chi connectivity index (χ2v) is 2.42. The number of aryl methyl sites for hydroxylation is 1. The highest BCUT2D eigenvalue weighted by molar-refractivity contribution is 5.17. The van der Waals surface area contributed by atoms with Crippen molar-refractivity contribution in [3.63, 3.8) is 0 Å². The molecule has 11 heavy (non-hydrogen) atoms. The number of halogens is 1. The van der Waals surface area contributed by atoms with Crippen molar-refractivity contribution in [3.05, 3.63) is 29.3 Å². The van der Waals surface area contributed by atoms with Crippen molar-refractivity contribution < 1.29 is 9.50 Å². The van der Waals surface area contributed by atoms with Gasteiger partial charge in [0.2, 0.25) is 5.95 Å². The first-order valence-electron chi connectivity index (χ1n) is 3.46. The Morgan fingerprint density at radius 3 is 2.91 bits per heavy atom. The molecule has 2 nitrogen and oxygen atoms in total. The molecule has 0 aromatic carbocycles. The van der Waals surface area contributed by atoms with Crippen LogP contribution in [0.15, 0.2) is 12.3 Å². The lowest BCUT2D eigenvalue weighted by atomic mass is 10.2. The number of aliphatic hydroxyl groups excluding tert-OH is 1. The standard InChI is InChI=1S/C8H10FNO/c1-6-4-7(2-3-11)5-10-8(6)9/h4-5,11H,2-3H2,1H3. The van der Waals surface area contributed by atoms with Crippen LogP contribution in [-0.4, -0.2) is 16.7 Å². The van der Waals surface area contributed by atoms with Crippen molar-refractivity contribution in [1.82, 2.24) is 4.98 Å². The molecule has 0 spiro atoms. The second kappa shape index (κ2) is 3.44. The smallest absolute Gasteiger partial charge is 0.215 e. The number of aliphatic hydroxyl groups is 1. The fourth-order valence-electron chi connectivity index (χ4n) is 0.882. The van der Waals surface area contributed by atoms with Crippen LogP contribution < -0.4 is 0 Å². The summed E-state index contributed by atoms with van der Waals surface area (Å²) in [6.07, 6.45) is 1.98. The summed E-state index contributed by atoms with van der Waals surface area (Å²) in [5.41, 5.74) is 1.39.